The Balaban J connectivity index is 2.36. The maximum absolute atomic E-state index is 8.91. The summed E-state index contributed by atoms with van der Waals surface area (Å²) in [6, 6.07) is 7.43. The molecule has 0 radical (unpaired) electrons. The van der Waals surface area contributed by atoms with Crippen molar-refractivity contribution in [1.82, 2.24) is 0 Å². The normalized spacial score (nSPS) is 10.3. The van der Waals surface area contributed by atoms with Crippen LogP contribution in [-0.4, -0.2) is 22.9 Å². The highest BCUT2D eigenvalue weighted by Crippen LogP contribution is 2.12. The summed E-state index contributed by atoms with van der Waals surface area (Å²) in [6.45, 7) is 2.19. The van der Waals surface area contributed by atoms with Gasteiger partial charge in [-0.25, -0.2) is 0 Å². The smallest absolute Gasteiger partial charge is 0.423 e. The first kappa shape index (κ1) is 12.6. The van der Waals surface area contributed by atoms with E-state index in [2.05, 4.69) is 6.92 Å². The van der Waals surface area contributed by atoms with Gasteiger partial charge in [-0.1, -0.05) is 37.6 Å². The maximum atomic E-state index is 8.91. The van der Waals surface area contributed by atoms with Crippen LogP contribution in [0.5, 0.6) is 0 Å². The van der Waals surface area contributed by atoms with Crippen LogP contribution < -0.4 is 5.46 Å². The molecule has 0 aliphatic carbocycles. The van der Waals surface area contributed by atoms with Gasteiger partial charge in [0.25, 0.3) is 0 Å². The third-order valence-corrected chi connectivity index (χ3v) is 3.30. The summed E-state index contributed by atoms with van der Waals surface area (Å²) in [7, 11) is -1.35. The monoisotopic (exact) mass is 224 g/mol. The number of hydrogen-bond acceptors (Lipinski definition) is 3. The molecule has 2 N–H and O–H groups in total. The number of benzene rings is 1. The van der Waals surface area contributed by atoms with E-state index in [1.807, 2.05) is 23.9 Å². The highest BCUT2D eigenvalue weighted by molar-refractivity contribution is 7.98. The molecule has 0 aliphatic rings. The molecule has 0 spiro atoms. The van der Waals surface area contributed by atoms with Crippen molar-refractivity contribution in [3.8, 4) is 0 Å². The minimum atomic E-state index is -1.35. The lowest BCUT2D eigenvalue weighted by molar-refractivity contribution is 0.426. The Morgan fingerprint density at radius 1 is 1.20 bits per heavy atom. The third-order valence-electron chi connectivity index (χ3n) is 2.19. The van der Waals surface area contributed by atoms with E-state index < -0.39 is 7.12 Å². The summed E-state index contributed by atoms with van der Waals surface area (Å²) in [5, 5.41) is 17.8. The van der Waals surface area contributed by atoms with E-state index in [1.54, 1.807) is 12.1 Å². The van der Waals surface area contributed by atoms with E-state index in [1.165, 1.54) is 24.2 Å². The molecule has 1 aromatic rings. The van der Waals surface area contributed by atoms with Crippen molar-refractivity contribution in [2.45, 2.75) is 25.5 Å². The predicted molar refractivity (Wildman–Crippen MR) is 67.3 cm³/mol. The van der Waals surface area contributed by atoms with Gasteiger partial charge in [-0.3, -0.25) is 0 Å². The van der Waals surface area contributed by atoms with Crippen LogP contribution in [-0.2, 0) is 5.75 Å². The zero-order valence-electron chi connectivity index (χ0n) is 9.02. The number of unbranched alkanes of at least 4 members (excludes halogenated alkanes) is 1. The van der Waals surface area contributed by atoms with E-state index in [9.17, 15) is 0 Å². The van der Waals surface area contributed by atoms with Crippen molar-refractivity contribution in [1.29, 1.82) is 0 Å². The second-order valence-corrected chi connectivity index (χ2v) is 4.63. The standard InChI is InChI=1S/C11H17BO2S/c1-2-3-8-15-9-10-4-6-11(7-5-10)12(13)14/h4-7,13-14H,2-3,8-9H2,1H3. The fourth-order valence-corrected chi connectivity index (χ4v) is 2.29. The minimum Gasteiger partial charge on any atom is -0.423 e. The van der Waals surface area contributed by atoms with Crippen LogP contribution in [0.25, 0.3) is 0 Å². The number of rotatable bonds is 6. The quantitative estimate of drug-likeness (QED) is 0.566. The topological polar surface area (TPSA) is 40.5 Å². The SMILES string of the molecule is CCCCSCc1ccc(B(O)O)cc1. The molecule has 0 fully saturated rings. The average molecular weight is 224 g/mol. The average Bonchev–Trinajstić information content (AvgIpc) is 2.25. The van der Waals surface area contributed by atoms with Crippen LogP contribution >= 0.6 is 11.8 Å². The molecule has 0 atom stereocenters. The second-order valence-electron chi connectivity index (χ2n) is 3.52. The van der Waals surface area contributed by atoms with E-state index in [0.717, 1.165) is 5.75 Å². The van der Waals surface area contributed by atoms with Gasteiger partial charge < -0.3 is 10.0 Å². The first-order valence-corrected chi connectivity index (χ1v) is 6.42. The van der Waals surface area contributed by atoms with Crippen molar-refractivity contribution < 1.29 is 10.0 Å². The Bertz CT molecular complexity index is 274. The van der Waals surface area contributed by atoms with E-state index in [4.69, 9.17) is 10.0 Å². The molecule has 0 saturated heterocycles. The molecule has 0 aliphatic heterocycles. The molecule has 2 nitrogen and oxygen atoms in total. The molecule has 0 aromatic heterocycles. The van der Waals surface area contributed by atoms with Crippen LogP contribution in [0.1, 0.15) is 25.3 Å². The molecule has 0 saturated carbocycles. The maximum Gasteiger partial charge on any atom is 0.488 e. The lowest BCUT2D eigenvalue weighted by Crippen LogP contribution is -2.29. The second kappa shape index (κ2) is 6.93. The fraction of sp³-hybridized carbons (Fsp3) is 0.455. The summed E-state index contributed by atoms with van der Waals surface area (Å²) >= 11 is 1.92. The summed E-state index contributed by atoms with van der Waals surface area (Å²) in [5.74, 6) is 2.20. The molecular formula is C11H17BO2S. The summed E-state index contributed by atoms with van der Waals surface area (Å²) < 4.78 is 0. The lowest BCUT2D eigenvalue weighted by Gasteiger charge is -2.03. The molecule has 0 unspecified atom stereocenters. The van der Waals surface area contributed by atoms with E-state index >= 15 is 0 Å². The molecule has 82 valence electrons. The van der Waals surface area contributed by atoms with Crippen molar-refractivity contribution in [2.75, 3.05) is 5.75 Å². The number of thioether (sulfide) groups is 1. The zero-order valence-corrected chi connectivity index (χ0v) is 9.83. The van der Waals surface area contributed by atoms with Crippen molar-refractivity contribution in [2.24, 2.45) is 0 Å². The minimum absolute atomic E-state index is 0.553. The van der Waals surface area contributed by atoms with Gasteiger partial charge in [-0.05, 0) is 23.2 Å². The summed E-state index contributed by atoms with van der Waals surface area (Å²) in [4.78, 5) is 0. The molecule has 1 aromatic carbocycles. The molecule has 0 bridgehead atoms. The Kier molecular flexibility index (Phi) is 5.83. The molecule has 0 amide bonds. The van der Waals surface area contributed by atoms with Gasteiger partial charge in [0.15, 0.2) is 0 Å². The highest BCUT2D eigenvalue weighted by Gasteiger charge is 2.09. The Labute approximate surface area is 95.9 Å². The largest absolute Gasteiger partial charge is 0.488 e. The Hall–Kier alpha value is -0.445. The van der Waals surface area contributed by atoms with Gasteiger partial charge in [0.2, 0.25) is 0 Å². The Morgan fingerprint density at radius 2 is 1.87 bits per heavy atom. The zero-order chi connectivity index (χ0) is 11.1. The Morgan fingerprint density at radius 3 is 2.40 bits per heavy atom. The number of hydrogen-bond donors (Lipinski definition) is 2. The van der Waals surface area contributed by atoms with Gasteiger partial charge in [-0.15, -0.1) is 0 Å². The fourth-order valence-electron chi connectivity index (χ4n) is 1.22. The van der Waals surface area contributed by atoms with Crippen LogP contribution in [0.2, 0.25) is 0 Å². The molecule has 1 rings (SSSR count). The molecular weight excluding hydrogens is 207 g/mol. The third kappa shape index (κ3) is 4.73. The molecule has 0 heterocycles. The van der Waals surface area contributed by atoms with E-state index in [-0.39, 0.29) is 0 Å². The first-order valence-electron chi connectivity index (χ1n) is 5.26. The van der Waals surface area contributed by atoms with Crippen LogP contribution in [0.4, 0.5) is 0 Å². The van der Waals surface area contributed by atoms with Gasteiger partial charge in [0.05, 0.1) is 0 Å². The summed E-state index contributed by atoms with van der Waals surface area (Å²) in [5.41, 5.74) is 1.79. The van der Waals surface area contributed by atoms with Crippen molar-refractivity contribution in [3.63, 3.8) is 0 Å². The van der Waals surface area contributed by atoms with Crippen molar-refractivity contribution >= 4 is 24.3 Å². The van der Waals surface area contributed by atoms with Gasteiger partial charge >= 0.3 is 7.12 Å². The van der Waals surface area contributed by atoms with Gasteiger partial charge in [0, 0.05) is 5.75 Å². The summed E-state index contributed by atoms with van der Waals surface area (Å²) in [6.07, 6.45) is 2.50. The first-order chi connectivity index (χ1) is 7.24. The van der Waals surface area contributed by atoms with Crippen LogP contribution in [0.3, 0.4) is 0 Å². The van der Waals surface area contributed by atoms with E-state index in [0.29, 0.717) is 5.46 Å². The van der Waals surface area contributed by atoms with Crippen LogP contribution in [0, 0.1) is 0 Å². The van der Waals surface area contributed by atoms with Crippen molar-refractivity contribution in [3.05, 3.63) is 29.8 Å². The molecule has 15 heavy (non-hydrogen) atoms. The van der Waals surface area contributed by atoms with Gasteiger partial charge in [-0.2, -0.15) is 11.8 Å². The lowest BCUT2D eigenvalue weighted by atomic mass is 9.80. The van der Waals surface area contributed by atoms with Gasteiger partial charge in [0.1, 0.15) is 0 Å². The highest BCUT2D eigenvalue weighted by atomic mass is 32.2. The van der Waals surface area contributed by atoms with Crippen LogP contribution in [0.15, 0.2) is 24.3 Å². The predicted octanol–water partition coefficient (Wildman–Crippen LogP) is 1.40. The molecule has 4 heteroatoms.